The zero-order valence-corrected chi connectivity index (χ0v) is 16.6. The Morgan fingerprint density at radius 3 is 2.55 bits per heavy atom. The zero-order chi connectivity index (χ0) is 21.6. The van der Waals surface area contributed by atoms with Crippen LogP contribution in [-0.2, 0) is 17.9 Å². The number of carbonyl (C=O) groups excluding carboxylic acids is 2. The van der Waals surface area contributed by atoms with E-state index in [4.69, 9.17) is 4.74 Å². The number of hydrogen-bond acceptors (Lipinski definition) is 6. The highest BCUT2D eigenvalue weighted by Gasteiger charge is 2.18. The van der Waals surface area contributed by atoms with Gasteiger partial charge in [0.25, 0.3) is 5.91 Å². The van der Waals surface area contributed by atoms with Crippen LogP contribution in [0.1, 0.15) is 23.0 Å². The lowest BCUT2D eigenvalue weighted by atomic mass is 10.2. The highest BCUT2D eigenvalue weighted by molar-refractivity contribution is 5.91. The Labute approximate surface area is 166 Å². The van der Waals surface area contributed by atoms with Crippen molar-refractivity contribution in [2.75, 3.05) is 27.7 Å². The molecule has 1 aromatic heterocycles. The highest BCUT2D eigenvalue weighted by Crippen LogP contribution is 2.30. The van der Waals surface area contributed by atoms with Crippen LogP contribution >= 0.6 is 0 Å². The van der Waals surface area contributed by atoms with Crippen LogP contribution in [0.5, 0.6) is 11.5 Å². The first-order valence-corrected chi connectivity index (χ1v) is 8.77. The van der Waals surface area contributed by atoms with Gasteiger partial charge in [-0.05, 0) is 24.6 Å². The van der Waals surface area contributed by atoms with Gasteiger partial charge in [0.2, 0.25) is 5.91 Å². The molecule has 2 amide bonds. The number of hydrogen-bond donors (Lipinski definition) is 0. The van der Waals surface area contributed by atoms with Gasteiger partial charge in [-0.25, -0.2) is 4.68 Å². The summed E-state index contributed by atoms with van der Waals surface area (Å²) in [6, 6.07) is 4.47. The zero-order valence-electron chi connectivity index (χ0n) is 16.6. The highest BCUT2D eigenvalue weighted by atomic mass is 19.3. The number of carbonyl (C=O) groups is 2. The first kappa shape index (κ1) is 22.1. The van der Waals surface area contributed by atoms with Crippen molar-refractivity contribution in [2.24, 2.45) is 0 Å². The van der Waals surface area contributed by atoms with Gasteiger partial charge in [-0.1, -0.05) is 11.3 Å². The van der Waals surface area contributed by atoms with E-state index in [1.165, 1.54) is 32.8 Å². The predicted molar refractivity (Wildman–Crippen MR) is 98.8 cm³/mol. The second-order valence-corrected chi connectivity index (χ2v) is 6.34. The van der Waals surface area contributed by atoms with Gasteiger partial charge in [0, 0.05) is 27.7 Å². The maximum atomic E-state index is 12.6. The molecule has 1 heterocycles. The molecule has 29 heavy (non-hydrogen) atoms. The fraction of sp³-hybridized carbons (Fsp3) is 0.444. The third kappa shape index (κ3) is 6.13. The quantitative estimate of drug-likeness (QED) is 0.623. The van der Waals surface area contributed by atoms with Crippen molar-refractivity contribution in [3.8, 4) is 11.5 Å². The van der Waals surface area contributed by atoms with Crippen LogP contribution < -0.4 is 9.47 Å². The van der Waals surface area contributed by atoms with Gasteiger partial charge < -0.3 is 19.3 Å². The van der Waals surface area contributed by atoms with Gasteiger partial charge in [0.1, 0.15) is 6.54 Å². The lowest BCUT2D eigenvalue weighted by Gasteiger charge is -2.17. The number of ether oxygens (including phenoxy) is 2. The molecule has 0 bridgehead atoms. The Morgan fingerprint density at radius 2 is 1.93 bits per heavy atom. The molecular weight excluding hydrogens is 388 g/mol. The van der Waals surface area contributed by atoms with Crippen molar-refractivity contribution in [3.63, 3.8) is 0 Å². The number of rotatable bonds is 9. The molecule has 158 valence electrons. The molecule has 0 aliphatic heterocycles. The summed E-state index contributed by atoms with van der Waals surface area (Å²) in [4.78, 5) is 27.1. The van der Waals surface area contributed by atoms with E-state index in [0.717, 1.165) is 0 Å². The van der Waals surface area contributed by atoms with Crippen LogP contribution in [0.2, 0.25) is 0 Å². The largest absolute Gasteiger partial charge is 0.490 e. The van der Waals surface area contributed by atoms with Crippen LogP contribution in [0, 0.1) is 0 Å². The van der Waals surface area contributed by atoms with Crippen LogP contribution in [-0.4, -0.2) is 71.0 Å². The summed E-state index contributed by atoms with van der Waals surface area (Å²) >= 11 is 0. The fourth-order valence-electron chi connectivity index (χ4n) is 2.41. The minimum absolute atomic E-state index is 0.0275. The number of likely N-dealkylation sites (N-methyl/N-ethyl adjacent to an activating group) is 1. The number of nitrogens with zero attached hydrogens (tertiary/aromatic N) is 5. The van der Waals surface area contributed by atoms with Gasteiger partial charge in [0.05, 0.1) is 12.8 Å². The Morgan fingerprint density at radius 1 is 1.21 bits per heavy atom. The Bertz CT molecular complexity index is 857. The van der Waals surface area contributed by atoms with E-state index in [1.54, 1.807) is 34.1 Å². The first-order valence-electron chi connectivity index (χ1n) is 8.77. The van der Waals surface area contributed by atoms with Crippen molar-refractivity contribution < 1.29 is 27.8 Å². The van der Waals surface area contributed by atoms with Crippen molar-refractivity contribution in [1.82, 2.24) is 24.8 Å². The predicted octanol–water partition coefficient (Wildman–Crippen LogP) is 1.64. The van der Waals surface area contributed by atoms with E-state index >= 15 is 0 Å². The Hall–Kier alpha value is -3.24. The summed E-state index contributed by atoms with van der Waals surface area (Å²) in [6.45, 7) is -0.824. The smallest absolute Gasteiger partial charge is 0.387 e. The van der Waals surface area contributed by atoms with E-state index in [0.29, 0.717) is 5.56 Å². The van der Waals surface area contributed by atoms with E-state index in [-0.39, 0.29) is 42.8 Å². The topological polar surface area (TPSA) is 89.8 Å². The summed E-state index contributed by atoms with van der Waals surface area (Å²) in [7, 11) is 4.80. The van der Waals surface area contributed by atoms with Crippen LogP contribution in [0.15, 0.2) is 24.4 Å². The van der Waals surface area contributed by atoms with Crippen molar-refractivity contribution in [3.05, 3.63) is 35.7 Å². The first-order chi connectivity index (χ1) is 13.7. The maximum Gasteiger partial charge on any atom is 0.387 e. The van der Waals surface area contributed by atoms with Gasteiger partial charge in [-0.2, -0.15) is 8.78 Å². The summed E-state index contributed by atoms with van der Waals surface area (Å²) < 4.78 is 36.1. The molecule has 9 nitrogen and oxygen atoms in total. The SMILES string of the molecule is CCOc1cc(CN(C)C(=O)c2cn(CC(=O)N(C)C)nn2)ccc1OC(F)F. The molecule has 0 aliphatic carbocycles. The lowest BCUT2D eigenvalue weighted by molar-refractivity contribution is -0.129. The van der Waals surface area contributed by atoms with Crippen molar-refractivity contribution in [2.45, 2.75) is 26.6 Å². The molecule has 2 aromatic rings. The molecule has 0 N–H and O–H groups in total. The summed E-state index contributed by atoms with van der Waals surface area (Å²) in [5.41, 5.74) is 0.739. The molecule has 0 aliphatic rings. The second kappa shape index (κ2) is 9.80. The molecule has 0 fully saturated rings. The lowest BCUT2D eigenvalue weighted by Crippen LogP contribution is -2.27. The summed E-state index contributed by atoms with van der Waals surface area (Å²) in [6.07, 6.45) is 1.39. The summed E-state index contributed by atoms with van der Waals surface area (Å²) in [5, 5.41) is 7.60. The Kier molecular flexibility index (Phi) is 7.46. The van der Waals surface area contributed by atoms with E-state index in [2.05, 4.69) is 15.0 Å². The maximum absolute atomic E-state index is 12.6. The monoisotopic (exact) mass is 411 g/mol. The van der Waals surface area contributed by atoms with Gasteiger partial charge in [-0.3, -0.25) is 9.59 Å². The molecule has 0 atom stereocenters. The number of alkyl halides is 2. The minimum Gasteiger partial charge on any atom is -0.490 e. The van der Waals surface area contributed by atoms with Gasteiger partial charge in [0.15, 0.2) is 17.2 Å². The minimum atomic E-state index is -2.97. The van der Waals surface area contributed by atoms with E-state index in [9.17, 15) is 18.4 Å². The number of amides is 2. The van der Waals surface area contributed by atoms with Crippen molar-refractivity contribution >= 4 is 11.8 Å². The summed E-state index contributed by atoms with van der Waals surface area (Å²) in [5.74, 6) is -0.497. The number of halogens is 2. The standard InChI is InChI=1S/C18H23F2N5O4/c1-5-28-15-8-12(6-7-14(15)29-18(19)20)9-24(4)17(27)13-10-25(22-21-13)11-16(26)23(2)3/h6-8,10,18H,5,9,11H2,1-4H3. The van der Waals surface area contributed by atoms with Gasteiger partial charge in [-0.15, -0.1) is 5.10 Å². The van der Waals surface area contributed by atoms with Crippen LogP contribution in [0.25, 0.3) is 0 Å². The normalized spacial score (nSPS) is 10.7. The average Bonchev–Trinajstić information content (AvgIpc) is 3.11. The molecule has 2 rings (SSSR count). The van der Waals surface area contributed by atoms with E-state index < -0.39 is 12.5 Å². The molecule has 0 spiro atoms. The third-order valence-electron chi connectivity index (χ3n) is 3.84. The Balaban J connectivity index is 2.08. The second-order valence-electron chi connectivity index (χ2n) is 6.34. The number of aromatic nitrogens is 3. The molecule has 11 heteroatoms. The van der Waals surface area contributed by atoms with Crippen LogP contribution in [0.3, 0.4) is 0 Å². The molecule has 0 unspecified atom stereocenters. The fourth-order valence-corrected chi connectivity index (χ4v) is 2.41. The van der Waals surface area contributed by atoms with Crippen LogP contribution in [0.4, 0.5) is 8.78 Å². The molecule has 0 saturated carbocycles. The molecule has 0 radical (unpaired) electrons. The number of benzene rings is 1. The van der Waals surface area contributed by atoms with Gasteiger partial charge >= 0.3 is 6.61 Å². The molecule has 0 saturated heterocycles. The third-order valence-corrected chi connectivity index (χ3v) is 3.84. The molecular formula is C18H23F2N5O4. The van der Waals surface area contributed by atoms with Crippen molar-refractivity contribution in [1.29, 1.82) is 0 Å². The average molecular weight is 411 g/mol. The van der Waals surface area contributed by atoms with E-state index in [1.807, 2.05) is 0 Å². The molecule has 1 aromatic carbocycles.